The van der Waals surface area contributed by atoms with Crippen LogP contribution >= 0.6 is 0 Å². The van der Waals surface area contributed by atoms with Gasteiger partial charge in [0.2, 0.25) is 0 Å². The van der Waals surface area contributed by atoms with E-state index in [1.54, 1.807) is 12.1 Å². The van der Waals surface area contributed by atoms with Gasteiger partial charge in [-0.05, 0) is 35.9 Å². The lowest BCUT2D eigenvalue weighted by molar-refractivity contribution is -0.0435. The Labute approximate surface area is 159 Å². The second-order valence-corrected chi connectivity index (χ2v) is 8.12. The first kappa shape index (κ1) is 20.4. The minimum Gasteiger partial charge on any atom is -0.380 e. The molecule has 5 nitrogen and oxygen atoms in total. The van der Waals surface area contributed by atoms with Crippen molar-refractivity contribution in [3.63, 3.8) is 0 Å². The largest absolute Gasteiger partial charge is 0.501 e. The van der Waals surface area contributed by atoms with Gasteiger partial charge < -0.3 is 15.0 Å². The van der Waals surface area contributed by atoms with Crippen LogP contribution in [-0.2, 0) is 21.1 Å². The van der Waals surface area contributed by atoms with Gasteiger partial charge in [0.15, 0.2) is 0 Å². The molecule has 0 atom stereocenters. The molecule has 2 aromatic rings. The summed E-state index contributed by atoms with van der Waals surface area (Å²) in [5.74, 6) is -1.07. The van der Waals surface area contributed by atoms with Gasteiger partial charge in [-0.2, -0.15) is 13.2 Å². The van der Waals surface area contributed by atoms with Crippen molar-refractivity contribution in [2.45, 2.75) is 16.9 Å². The monoisotopic (exact) mass is 418 g/mol. The van der Waals surface area contributed by atoms with Crippen molar-refractivity contribution in [2.75, 3.05) is 36.5 Å². The van der Waals surface area contributed by atoms with Crippen LogP contribution in [0.2, 0.25) is 0 Å². The minimum absolute atomic E-state index is 0.0788. The smallest absolute Gasteiger partial charge is 0.380 e. The standard InChI is InChI=1S/C18H18F4N2O3S/c19-14-3-6-16(17(11-14)28(25,26)18(20,21)22)23-12-13-1-4-15(5-2-13)24-7-9-27-10-8-24/h1-6,11,23H,7-10,12H2. The summed E-state index contributed by atoms with van der Waals surface area (Å²) < 4.78 is 80.7. The van der Waals surface area contributed by atoms with Crippen molar-refractivity contribution < 1.29 is 30.7 Å². The van der Waals surface area contributed by atoms with Crippen molar-refractivity contribution in [1.29, 1.82) is 0 Å². The minimum atomic E-state index is -5.68. The predicted octanol–water partition coefficient (Wildman–Crippen LogP) is 3.57. The molecule has 10 heteroatoms. The highest BCUT2D eigenvalue weighted by molar-refractivity contribution is 7.92. The van der Waals surface area contributed by atoms with E-state index >= 15 is 0 Å². The average molecular weight is 418 g/mol. The highest BCUT2D eigenvalue weighted by Gasteiger charge is 2.48. The number of hydrogen-bond acceptors (Lipinski definition) is 5. The number of halogens is 4. The topological polar surface area (TPSA) is 58.6 Å². The first-order valence-corrected chi connectivity index (χ1v) is 9.93. The molecule has 152 valence electrons. The summed E-state index contributed by atoms with van der Waals surface area (Å²) >= 11 is 0. The van der Waals surface area contributed by atoms with Gasteiger partial charge in [0.25, 0.3) is 9.84 Å². The van der Waals surface area contributed by atoms with Gasteiger partial charge >= 0.3 is 5.51 Å². The number of sulfone groups is 1. The van der Waals surface area contributed by atoms with Gasteiger partial charge in [-0.3, -0.25) is 0 Å². The molecular formula is C18H18F4N2O3S. The van der Waals surface area contributed by atoms with E-state index < -0.39 is 26.1 Å². The third-order valence-corrected chi connectivity index (χ3v) is 5.86. The zero-order valence-corrected chi connectivity index (χ0v) is 15.5. The number of benzene rings is 2. The molecule has 1 saturated heterocycles. The zero-order valence-electron chi connectivity index (χ0n) is 14.7. The van der Waals surface area contributed by atoms with E-state index in [1.165, 1.54) is 0 Å². The maximum atomic E-state index is 13.4. The third-order valence-electron chi connectivity index (χ3n) is 4.33. The van der Waals surface area contributed by atoms with Crippen LogP contribution in [0.3, 0.4) is 0 Å². The lowest BCUT2D eigenvalue weighted by atomic mass is 10.2. The van der Waals surface area contributed by atoms with Gasteiger partial charge in [-0.25, -0.2) is 12.8 Å². The number of nitrogens with zero attached hydrogens (tertiary/aromatic N) is 1. The van der Waals surface area contributed by atoms with Gasteiger partial charge in [0.1, 0.15) is 10.7 Å². The van der Waals surface area contributed by atoms with Crippen LogP contribution < -0.4 is 10.2 Å². The average Bonchev–Trinajstić information content (AvgIpc) is 2.67. The molecular weight excluding hydrogens is 400 g/mol. The number of morpholine rings is 1. The number of rotatable bonds is 5. The zero-order chi connectivity index (χ0) is 20.4. The van der Waals surface area contributed by atoms with E-state index in [-0.39, 0.29) is 12.2 Å². The number of anilines is 2. The maximum absolute atomic E-state index is 13.4. The summed E-state index contributed by atoms with van der Waals surface area (Å²) in [6.45, 7) is 2.90. The van der Waals surface area contributed by atoms with E-state index in [0.29, 0.717) is 19.3 Å². The van der Waals surface area contributed by atoms with Gasteiger partial charge in [0, 0.05) is 25.3 Å². The van der Waals surface area contributed by atoms with E-state index in [0.717, 1.165) is 36.5 Å². The first-order valence-electron chi connectivity index (χ1n) is 8.45. The van der Waals surface area contributed by atoms with Crippen LogP contribution in [0, 0.1) is 5.82 Å². The highest BCUT2D eigenvalue weighted by atomic mass is 32.2. The fourth-order valence-corrected chi connectivity index (χ4v) is 3.78. The van der Waals surface area contributed by atoms with Crippen LogP contribution in [0.5, 0.6) is 0 Å². The number of nitrogens with one attached hydrogen (secondary N) is 1. The molecule has 3 rings (SSSR count). The van der Waals surface area contributed by atoms with Gasteiger partial charge in [-0.15, -0.1) is 0 Å². The molecule has 0 spiro atoms. The Morgan fingerprint density at radius 3 is 2.29 bits per heavy atom. The van der Waals surface area contributed by atoms with Crippen LogP contribution in [-0.4, -0.2) is 40.2 Å². The molecule has 1 fully saturated rings. The number of hydrogen-bond donors (Lipinski definition) is 1. The van der Waals surface area contributed by atoms with E-state index in [1.807, 2.05) is 12.1 Å². The molecule has 28 heavy (non-hydrogen) atoms. The van der Waals surface area contributed by atoms with Crippen LogP contribution in [0.1, 0.15) is 5.56 Å². The van der Waals surface area contributed by atoms with Gasteiger partial charge in [0.05, 0.1) is 18.9 Å². The third kappa shape index (κ3) is 4.39. The summed E-state index contributed by atoms with van der Waals surface area (Å²) in [4.78, 5) is 1.01. The van der Waals surface area contributed by atoms with Crippen molar-refractivity contribution in [3.05, 3.63) is 53.8 Å². The first-order chi connectivity index (χ1) is 13.2. The SMILES string of the molecule is O=S(=O)(c1cc(F)ccc1NCc1ccc(N2CCOCC2)cc1)C(F)(F)F. The summed E-state index contributed by atoms with van der Waals surface area (Å²) in [6.07, 6.45) is 0. The quantitative estimate of drug-likeness (QED) is 0.753. The summed E-state index contributed by atoms with van der Waals surface area (Å²) in [7, 11) is -5.68. The highest BCUT2D eigenvalue weighted by Crippen LogP contribution is 2.35. The molecule has 1 heterocycles. The van der Waals surface area contributed by atoms with Gasteiger partial charge in [-0.1, -0.05) is 12.1 Å². The number of alkyl halides is 3. The van der Waals surface area contributed by atoms with E-state index in [9.17, 15) is 26.0 Å². The predicted molar refractivity (Wildman–Crippen MR) is 96.4 cm³/mol. The molecule has 0 saturated carbocycles. The second kappa shape index (κ2) is 7.96. The lowest BCUT2D eigenvalue weighted by Crippen LogP contribution is -2.36. The Bertz CT molecular complexity index is 925. The molecule has 0 radical (unpaired) electrons. The molecule has 0 unspecified atom stereocenters. The van der Waals surface area contributed by atoms with Crippen LogP contribution in [0.15, 0.2) is 47.4 Å². The van der Waals surface area contributed by atoms with Crippen molar-refractivity contribution in [3.8, 4) is 0 Å². The maximum Gasteiger partial charge on any atom is 0.501 e. The van der Waals surface area contributed by atoms with E-state index in [4.69, 9.17) is 4.74 Å². The Balaban J connectivity index is 1.76. The Kier molecular flexibility index (Phi) is 5.80. The summed E-state index contributed by atoms with van der Waals surface area (Å²) in [6, 6.07) is 9.58. The Morgan fingerprint density at radius 1 is 1.04 bits per heavy atom. The normalized spacial score (nSPS) is 15.5. The fraction of sp³-hybridized carbons (Fsp3) is 0.333. The van der Waals surface area contributed by atoms with Crippen LogP contribution in [0.4, 0.5) is 28.9 Å². The molecule has 0 aliphatic carbocycles. The molecule has 1 aliphatic rings. The summed E-state index contributed by atoms with van der Waals surface area (Å²) in [5.41, 5.74) is -4.10. The Hall–Kier alpha value is -2.33. The summed E-state index contributed by atoms with van der Waals surface area (Å²) in [5, 5.41) is 2.65. The molecule has 1 N–H and O–H groups in total. The molecule has 0 bridgehead atoms. The van der Waals surface area contributed by atoms with Crippen LogP contribution in [0.25, 0.3) is 0 Å². The fourth-order valence-electron chi connectivity index (χ4n) is 2.83. The molecule has 2 aromatic carbocycles. The van der Waals surface area contributed by atoms with Crippen molar-refractivity contribution in [1.82, 2.24) is 0 Å². The van der Waals surface area contributed by atoms with E-state index in [2.05, 4.69) is 10.2 Å². The van der Waals surface area contributed by atoms with Crippen molar-refractivity contribution >= 4 is 21.2 Å². The number of ether oxygens (including phenoxy) is 1. The molecule has 0 amide bonds. The lowest BCUT2D eigenvalue weighted by Gasteiger charge is -2.29. The molecule has 0 aromatic heterocycles. The second-order valence-electron chi connectivity index (χ2n) is 6.21. The van der Waals surface area contributed by atoms with Crippen molar-refractivity contribution in [2.24, 2.45) is 0 Å². The Morgan fingerprint density at radius 2 is 1.68 bits per heavy atom. The molecule has 1 aliphatic heterocycles.